The van der Waals surface area contributed by atoms with E-state index in [9.17, 15) is 9.18 Å². The molecule has 1 atom stereocenters. The first-order valence-corrected chi connectivity index (χ1v) is 7.23. The van der Waals surface area contributed by atoms with Gasteiger partial charge in [0.1, 0.15) is 5.82 Å². The Balaban J connectivity index is 1.72. The Morgan fingerprint density at radius 1 is 1.23 bits per heavy atom. The minimum absolute atomic E-state index is 0.0596. The van der Waals surface area contributed by atoms with Crippen LogP contribution < -0.4 is 5.32 Å². The van der Waals surface area contributed by atoms with Gasteiger partial charge in [-0.05, 0) is 36.2 Å². The first kappa shape index (κ1) is 14.3. The van der Waals surface area contributed by atoms with Gasteiger partial charge in [0.2, 0.25) is 5.91 Å². The van der Waals surface area contributed by atoms with E-state index in [0.717, 1.165) is 22.0 Å². The molecule has 1 heterocycles. The topological polar surface area (TPSA) is 44.9 Å². The molecule has 2 aromatic carbocycles. The van der Waals surface area contributed by atoms with Crippen LogP contribution in [-0.4, -0.2) is 10.9 Å². The molecule has 1 unspecified atom stereocenters. The van der Waals surface area contributed by atoms with Crippen molar-refractivity contribution in [1.82, 2.24) is 10.3 Å². The third kappa shape index (κ3) is 3.01. The molecule has 0 fully saturated rings. The molecular weight excluding hydrogens is 279 g/mol. The molecule has 4 heteroatoms. The Bertz CT molecular complexity index is 795. The molecule has 2 N–H and O–H groups in total. The van der Waals surface area contributed by atoms with Gasteiger partial charge in [0.15, 0.2) is 0 Å². The van der Waals surface area contributed by atoms with Crippen LogP contribution in [0.4, 0.5) is 4.39 Å². The number of nitrogens with one attached hydrogen (secondary N) is 2. The average Bonchev–Trinajstić information content (AvgIpc) is 2.90. The Labute approximate surface area is 128 Å². The number of fused-ring (bicyclic) bond motifs is 1. The highest BCUT2D eigenvalue weighted by Gasteiger charge is 2.12. The number of hydrogen-bond donors (Lipinski definition) is 2. The summed E-state index contributed by atoms with van der Waals surface area (Å²) >= 11 is 0. The van der Waals surface area contributed by atoms with Crippen molar-refractivity contribution in [1.29, 1.82) is 0 Å². The second-order valence-corrected chi connectivity index (χ2v) is 5.38. The van der Waals surface area contributed by atoms with E-state index >= 15 is 0 Å². The predicted molar refractivity (Wildman–Crippen MR) is 85.0 cm³/mol. The fourth-order valence-electron chi connectivity index (χ4n) is 2.59. The van der Waals surface area contributed by atoms with Gasteiger partial charge in [-0.25, -0.2) is 4.39 Å². The van der Waals surface area contributed by atoms with Crippen LogP contribution in [-0.2, 0) is 11.2 Å². The molecule has 0 spiro atoms. The van der Waals surface area contributed by atoms with Crippen LogP contribution in [0.15, 0.2) is 54.7 Å². The summed E-state index contributed by atoms with van der Waals surface area (Å²) < 4.78 is 13.3. The molecule has 0 aliphatic carbocycles. The standard InChI is InChI=1S/C18H17FN2O/c1-12(13-5-3-2-4-6-13)21-18(22)9-14-11-20-17-8-7-15(19)10-16(14)17/h2-8,10-12,20H,9H2,1H3,(H,21,22). The fourth-order valence-corrected chi connectivity index (χ4v) is 2.59. The normalized spacial score (nSPS) is 12.3. The van der Waals surface area contributed by atoms with Crippen molar-refractivity contribution >= 4 is 16.8 Å². The van der Waals surface area contributed by atoms with E-state index in [1.54, 1.807) is 12.3 Å². The maximum Gasteiger partial charge on any atom is 0.224 e. The van der Waals surface area contributed by atoms with E-state index in [-0.39, 0.29) is 24.2 Å². The monoisotopic (exact) mass is 296 g/mol. The number of carbonyl (C=O) groups excluding carboxylic acids is 1. The zero-order valence-corrected chi connectivity index (χ0v) is 12.3. The van der Waals surface area contributed by atoms with Gasteiger partial charge in [0.05, 0.1) is 12.5 Å². The number of rotatable bonds is 4. The Kier molecular flexibility index (Phi) is 3.92. The maximum absolute atomic E-state index is 13.3. The number of carbonyl (C=O) groups is 1. The molecule has 112 valence electrons. The molecule has 0 saturated heterocycles. The Hall–Kier alpha value is -2.62. The van der Waals surface area contributed by atoms with E-state index in [4.69, 9.17) is 0 Å². The molecule has 3 nitrogen and oxygen atoms in total. The summed E-state index contributed by atoms with van der Waals surface area (Å²) in [6.07, 6.45) is 1.98. The highest BCUT2D eigenvalue weighted by Crippen LogP contribution is 2.20. The summed E-state index contributed by atoms with van der Waals surface area (Å²) in [4.78, 5) is 15.3. The molecule has 0 bridgehead atoms. The number of amides is 1. The van der Waals surface area contributed by atoms with Gasteiger partial charge in [0.25, 0.3) is 0 Å². The number of aromatic amines is 1. The quantitative estimate of drug-likeness (QED) is 0.757. The summed E-state index contributed by atoms with van der Waals surface area (Å²) in [5, 5.41) is 3.72. The molecule has 0 aliphatic rings. The number of H-pyrrole nitrogens is 1. The molecular formula is C18H17FN2O. The van der Waals surface area contributed by atoms with Crippen molar-refractivity contribution in [3.05, 3.63) is 71.7 Å². The lowest BCUT2D eigenvalue weighted by Crippen LogP contribution is -2.28. The summed E-state index contributed by atoms with van der Waals surface area (Å²) in [7, 11) is 0. The van der Waals surface area contributed by atoms with Gasteiger partial charge in [-0.1, -0.05) is 30.3 Å². The van der Waals surface area contributed by atoms with E-state index < -0.39 is 0 Å². The highest BCUT2D eigenvalue weighted by atomic mass is 19.1. The minimum atomic E-state index is -0.300. The van der Waals surface area contributed by atoms with Crippen LogP contribution in [0.25, 0.3) is 10.9 Å². The van der Waals surface area contributed by atoms with Crippen molar-refractivity contribution in [3.8, 4) is 0 Å². The lowest BCUT2D eigenvalue weighted by molar-refractivity contribution is -0.121. The number of aromatic nitrogens is 1. The van der Waals surface area contributed by atoms with Crippen molar-refractivity contribution < 1.29 is 9.18 Å². The van der Waals surface area contributed by atoms with Gasteiger partial charge in [-0.3, -0.25) is 4.79 Å². The van der Waals surface area contributed by atoms with Gasteiger partial charge in [0, 0.05) is 17.1 Å². The van der Waals surface area contributed by atoms with Crippen molar-refractivity contribution in [2.75, 3.05) is 0 Å². The molecule has 3 aromatic rings. The molecule has 0 saturated carbocycles. The Morgan fingerprint density at radius 2 is 2.00 bits per heavy atom. The van der Waals surface area contributed by atoms with E-state index in [1.807, 2.05) is 37.3 Å². The summed E-state index contributed by atoms with van der Waals surface area (Å²) in [6, 6.07) is 14.3. The molecule has 0 radical (unpaired) electrons. The smallest absolute Gasteiger partial charge is 0.224 e. The predicted octanol–water partition coefficient (Wildman–Crippen LogP) is 3.73. The Morgan fingerprint density at radius 3 is 2.77 bits per heavy atom. The van der Waals surface area contributed by atoms with Crippen LogP contribution >= 0.6 is 0 Å². The third-order valence-corrected chi connectivity index (χ3v) is 3.76. The number of halogens is 1. The largest absolute Gasteiger partial charge is 0.361 e. The molecule has 1 aromatic heterocycles. The van der Waals surface area contributed by atoms with Crippen molar-refractivity contribution in [2.45, 2.75) is 19.4 Å². The molecule has 1 amide bonds. The summed E-state index contributed by atoms with van der Waals surface area (Å²) in [5.74, 6) is -0.382. The van der Waals surface area contributed by atoms with Crippen molar-refractivity contribution in [2.24, 2.45) is 0 Å². The van der Waals surface area contributed by atoms with Crippen LogP contribution in [0.3, 0.4) is 0 Å². The van der Waals surface area contributed by atoms with Gasteiger partial charge in [-0.2, -0.15) is 0 Å². The van der Waals surface area contributed by atoms with E-state index in [2.05, 4.69) is 10.3 Å². The number of hydrogen-bond acceptors (Lipinski definition) is 1. The fraction of sp³-hybridized carbons (Fsp3) is 0.167. The van der Waals surface area contributed by atoms with Gasteiger partial charge in [-0.15, -0.1) is 0 Å². The third-order valence-electron chi connectivity index (χ3n) is 3.76. The van der Waals surface area contributed by atoms with Crippen LogP contribution in [0.1, 0.15) is 24.1 Å². The van der Waals surface area contributed by atoms with Crippen LogP contribution in [0, 0.1) is 5.82 Å². The summed E-state index contributed by atoms with van der Waals surface area (Å²) in [5.41, 5.74) is 2.69. The summed E-state index contributed by atoms with van der Waals surface area (Å²) in [6.45, 7) is 1.95. The second kappa shape index (κ2) is 6.02. The van der Waals surface area contributed by atoms with Gasteiger partial charge < -0.3 is 10.3 Å². The minimum Gasteiger partial charge on any atom is -0.361 e. The van der Waals surface area contributed by atoms with Gasteiger partial charge >= 0.3 is 0 Å². The average molecular weight is 296 g/mol. The van der Waals surface area contributed by atoms with Crippen LogP contribution in [0.2, 0.25) is 0 Å². The second-order valence-electron chi connectivity index (χ2n) is 5.38. The molecule has 3 rings (SSSR count). The van der Waals surface area contributed by atoms with E-state index in [1.165, 1.54) is 12.1 Å². The van der Waals surface area contributed by atoms with Crippen molar-refractivity contribution in [3.63, 3.8) is 0 Å². The first-order valence-electron chi connectivity index (χ1n) is 7.23. The lowest BCUT2D eigenvalue weighted by Gasteiger charge is -2.14. The first-order chi connectivity index (χ1) is 10.6. The zero-order chi connectivity index (χ0) is 15.5. The molecule has 22 heavy (non-hydrogen) atoms. The number of benzene rings is 2. The maximum atomic E-state index is 13.3. The lowest BCUT2D eigenvalue weighted by atomic mass is 10.1. The zero-order valence-electron chi connectivity index (χ0n) is 12.3. The molecule has 0 aliphatic heterocycles. The van der Waals surface area contributed by atoms with Crippen LogP contribution in [0.5, 0.6) is 0 Å². The SMILES string of the molecule is CC(NC(=O)Cc1c[nH]c2ccc(F)cc12)c1ccccc1. The van der Waals surface area contributed by atoms with E-state index in [0.29, 0.717) is 0 Å². The highest BCUT2D eigenvalue weighted by molar-refractivity contribution is 5.89.